The Morgan fingerprint density at radius 2 is 1.62 bits per heavy atom. The molecule has 1 aromatic heterocycles. The summed E-state index contributed by atoms with van der Waals surface area (Å²) in [4.78, 5) is 30.8. The topological polar surface area (TPSA) is 71.6 Å². The van der Waals surface area contributed by atoms with E-state index in [1.165, 1.54) is 0 Å². The van der Waals surface area contributed by atoms with Crippen molar-refractivity contribution in [2.24, 2.45) is 0 Å². The number of aromatic nitrogens is 1. The minimum absolute atomic E-state index is 0.00311. The van der Waals surface area contributed by atoms with Crippen molar-refractivity contribution in [3.8, 4) is 5.75 Å². The highest BCUT2D eigenvalue weighted by Crippen LogP contribution is 2.22. The van der Waals surface area contributed by atoms with Gasteiger partial charge in [0.25, 0.3) is 0 Å². The second-order valence-electron chi connectivity index (χ2n) is 7.71. The lowest BCUT2D eigenvalue weighted by Crippen LogP contribution is -2.31. The molecule has 6 nitrogen and oxygen atoms in total. The molecule has 1 amide bonds. The molecule has 0 radical (unpaired) electrons. The first kappa shape index (κ1) is 23.1. The molecule has 0 unspecified atom stereocenters. The minimum Gasteiger partial charge on any atom is -0.497 e. The maximum absolute atomic E-state index is 13.3. The van der Waals surface area contributed by atoms with Gasteiger partial charge >= 0.3 is 5.97 Å². The molecule has 0 aliphatic heterocycles. The molecule has 1 N–H and O–H groups in total. The lowest BCUT2D eigenvalue weighted by Gasteiger charge is -2.23. The Morgan fingerprint density at radius 3 is 2.25 bits per heavy atom. The molecular formula is C26H30N2O4. The summed E-state index contributed by atoms with van der Waals surface area (Å²) in [6.07, 6.45) is 0.278. The van der Waals surface area contributed by atoms with Gasteiger partial charge in [-0.3, -0.25) is 4.79 Å². The average molecular weight is 435 g/mol. The van der Waals surface area contributed by atoms with Gasteiger partial charge in [0.15, 0.2) is 0 Å². The van der Waals surface area contributed by atoms with Gasteiger partial charge in [0.2, 0.25) is 5.91 Å². The zero-order valence-electron chi connectivity index (χ0n) is 19.1. The van der Waals surface area contributed by atoms with Gasteiger partial charge in [0.05, 0.1) is 32.2 Å². The number of benzene rings is 2. The van der Waals surface area contributed by atoms with Gasteiger partial charge in [-0.1, -0.05) is 42.5 Å². The third kappa shape index (κ3) is 5.58. The molecule has 168 valence electrons. The summed E-state index contributed by atoms with van der Waals surface area (Å²) in [5, 5.41) is 0. The van der Waals surface area contributed by atoms with Crippen molar-refractivity contribution < 1.29 is 19.1 Å². The fourth-order valence-electron chi connectivity index (χ4n) is 3.74. The predicted octanol–water partition coefficient (Wildman–Crippen LogP) is 4.59. The summed E-state index contributed by atoms with van der Waals surface area (Å²) >= 11 is 0. The third-order valence-electron chi connectivity index (χ3n) is 5.45. The van der Waals surface area contributed by atoms with Gasteiger partial charge in [-0.05, 0) is 49.6 Å². The Balaban J connectivity index is 1.85. The summed E-state index contributed by atoms with van der Waals surface area (Å²) in [5.41, 5.74) is 4.91. The van der Waals surface area contributed by atoms with Crippen LogP contribution < -0.4 is 4.74 Å². The van der Waals surface area contributed by atoms with Crippen molar-refractivity contribution in [2.75, 3.05) is 13.7 Å². The number of H-pyrrole nitrogens is 1. The SMILES string of the molecule is CCOC(=O)c1c(C)[nH]c(CN(Cc2ccccc2)C(=O)Cc2ccc(OC)cc2)c1C. The van der Waals surface area contributed by atoms with Crippen LogP contribution in [0.2, 0.25) is 0 Å². The number of rotatable bonds is 9. The van der Waals surface area contributed by atoms with Crippen LogP contribution in [0.25, 0.3) is 0 Å². The highest BCUT2D eigenvalue weighted by atomic mass is 16.5. The number of hydrogen-bond donors (Lipinski definition) is 1. The maximum atomic E-state index is 13.3. The molecule has 3 rings (SSSR count). The first-order valence-corrected chi connectivity index (χ1v) is 10.7. The molecule has 0 fully saturated rings. The van der Waals surface area contributed by atoms with Crippen LogP contribution in [0.4, 0.5) is 0 Å². The summed E-state index contributed by atoms with van der Waals surface area (Å²) < 4.78 is 10.4. The minimum atomic E-state index is -0.343. The highest BCUT2D eigenvalue weighted by Gasteiger charge is 2.22. The van der Waals surface area contributed by atoms with Crippen LogP contribution in [0.5, 0.6) is 5.75 Å². The molecule has 0 atom stereocenters. The van der Waals surface area contributed by atoms with Crippen LogP contribution in [-0.2, 0) is 29.0 Å². The Morgan fingerprint density at radius 1 is 0.938 bits per heavy atom. The molecule has 6 heteroatoms. The summed E-state index contributed by atoms with van der Waals surface area (Å²) in [5.74, 6) is 0.416. The van der Waals surface area contributed by atoms with E-state index in [4.69, 9.17) is 9.47 Å². The van der Waals surface area contributed by atoms with Gasteiger partial charge in [0.1, 0.15) is 5.75 Å². The van der Waals surface area contributed by atoms with Crippen molar-refractivity contribution in [1.29, 1.82) is 0 Å². The number of esters is 1. The van der Waals surface area contributed by atoms with E-state index < -0.39 is 0 Å². The van der Waals surface area contributed by atoms with Crippen molar-refractivity contribution in [2.45, 2.75) is 40.3 Å². The predicted molar refractivity (Wildman–Crippen MR) is 124 cm³/mol. The number of methoxy groups -OCH3 is 1. The molecule has 1 heterocycles. The Hall–Kier alpha value is -3.54. The van der Waals surface area contributed by atoms with E-state index in [1.807, 2.05) is 73.3 Å². The van der Waals surface area contributed by atoms with Crippen LogP contribution in [0.15, 0.2) is 54.6 Å². The molecule has 0 spiro atoms. The van der Waals surface area contributed by atoms with Gasteiger partial charge in [0, 0.05) is 17.9 Å². The molecule has 0 aliphatic carbocycles. The average Bonchev–Trinajstić information content (AvgIpc) is 3.07. The smallest absolute Gasteiger partial charge is 0.340 e. The Bertz CT molecular complexity index is 1060. The standard InChI is InChI=1S/C26H30N2O4/c1-5-32-26(30)25-18(2)23(27-19(25)3)17-28(16-21-9-7-6-8-10-21)24(29)15-20-11-13-22(31-4)14-12-20/h6-14,27H,5,15-17H2,1-4H3. The molecule has 3 aromatic rings. The molecule has 0 saturated heterocycles. The lowest BCUT2D eigenvalue weighted by atomic mass is 10.1. The van der Waals surface area contributed by atoms with E-state index in [9.17, 15) is 9.59 Å². The monoisotopic (exact) mass is 434 g/mol. The zero-order valence-corrected chi connectivity index (χ0v) is 19.1. The normalized spacial score (nSPS) is 10.6. The first-order valence-electron chi connectivity index (χ1n) is 10.7. The van der Waals surface area contributed by atoms with Crippen molar-refractivity contribution in [3.63, 3.8) is 0 Å². The number of carbonyl (C=O) groups excluding carboxylic acids is 2. The Labute approximate surface area is 189 Å². The number of carbonyl (C=O) groups is 2. The van der Waals surface area contributed by atoms with Crippen LogP contribution in [0.1, 0.15) is 45.4 Å². The van der Waals surface area contributed by atoms with Gasteiger partial charge in [-0.15, -0.1) is 0 Å². The molecular weight excluding hydrogens is 404 g/mol. The fraction of sp³-hybridized carbons (Fsp3) is 0.308. The van der Waals surface area contributed by atoms with E-state index in [0.29, 0.717) is 25.3 Å². The van der Waals surface area contributed by atoms with Gasteiger partial charge in [-0.2, -0.15) is 0 Å². The number of ether oxygens (including phenoxy) is 2. The van der Waals surface area contributed by atoms with E-state index in [1.54, 1.807) is 14.0 Å². The second-order valence-corrected chi connectivity index (χ2v) is 7.71. The largest absolute Gasteiger partial charge is 0.497 e. The molecule has 0 aliphatic rings. The summed E-state index contributed by atoms with van der Waals surface area (Å²) in [6.45, 7) is 6.69. The van der Waals surface area contributed by atoms with Crippen molar-refractivity contribution in [1.82, 2.24) is 9.88 Å². The maximum Gasteiger partial charge on any atom is 0.340 e. The molecule has 2 aromatic carbocycles. The van der Waals surface area contributed by atoms with Crippen LogP contribution in [-0.4, -0.2) is 35.5 Å². The van der Waals surface area contributed by atoms with E-state index in [-0.39, 0.29) is 18.3 Å². The second kappa shape index (κ2) is 10.7. The van der Waals surface area contributed by atoms with Gasteiger partial charge < -0.3 is 19.4 Å². The van der Waals surface area contributed by atoms with Crippen LogP contribution in [0, 0.1) is 13.8 Å². The fourth-order valence-corrected chi connectivity index (χ4v) is 3.74. The molecule has 0 saturated carbocycles. The number of amides is 1. The molecule has 32 heavy (non-hydrogen) atoms. The lowest BCUT2D eigenvalue weighted by molar-refractivity contribution is -0.131. The zero-order chi connectivity index (χ0) is 23.1. The van der Waals surface area contributed by atoms with E-state index in [0.717, 1.165) is 33.8 Å². The third-order valence-corrected chi connectivity index (χ3v) is 5.45. The van der Waals surface area contributed by atoms with E-state index in [2.05, 4.69) is 4.98 Å². The molecule has 0 bridgehead atoms. The number of hydrogen-bond acceptors (Lipinski definition) is 4. The quantitative estimate of drug-likeness (QED) is 0.500. The van der Waals surface area contributed by atoms with E-state index >= 15 is 0 Å². The van der Waals surface area contributed by atoms with Crippen molar-refractivity contribution >= 4 is 11.9 Å². The van der Waals surface area contributed by atoms with Crippen LogP contribution >= 0.6 is 0 Å². The highest BCUT2D eigenvalue weighted by molar-refractivity contribution is 5.93. The van der Waals surface area contributed by atoms with Gasteiger partial charge in [-0.25, -0.2) is 4.79 Å². The first-order chi connectivity index (χ1) is 15.4. The summed E-state index contributed by atoms with van der Waals surface area (Å²) in [7, 11) is 1.62. The van der Waals surface area contributed by atoms with Crippen molar-refractivity contribution in [3.05, 3.63) is 88.2 Å². The van der Waals surface area contributed by atoms with Crippen LogP contribution in [0.3, 0.4) is 0 Å². The Kier molecular flexibility index (Phi) is 7.71. The summed E-state index contributed by atoms with van der Waals surface area (Å²) in [6, 6.07) is 17.4. The number of aryl methyl sites for hydroxylation is 1. The number of aromatic amines is 1. The number of nitrogens with zero attached hydrogens (tertiary/aromatic N) is 1. The number of nitrogens with one attached hydrogen (secondary N) is 1.